The molecule has 1 aliphatic heterocycles. The lowest BCUT2D eigenvalue weighted by atomic mass is 10.0. The molecular formula is C27H37N7O4. The Morgan fingerprint density at radius 2 is 2.00 bits per heavy atom. The molecule has 2 aromatic heterocycles. The highest BCUT2D eigenvalue weighted by Gasteiger charge is 2.31. The fourth-order valence-corrected chi connectivity index (χ4v) is 4.68. The molecular weight excluding hydrogens is 486 g/mol. The van der Waals surface area contributed by atoms with Gasteiger partial charge in [-0.2, -0.15) is 5.10 Å². The van der Waals surface area contributed by atoms with Gasteiger partial charge in [-0.05, 0) is 65.0 Å². The number of anilines is 2. The maximum absolute atomic E-state index is 12.7. The Kier molecular flexibility index (Phi) is 7.77. The summed E-state index contributed by atoms with van der Waals surface area (Å²) in [7, 11) is 5.47. The van der Waals surface area contributed by atoms with E-state index < -0.39 is 11.7 Å². The minimum atomic E-state index is -0.622. The van der Waals surface area contributed by atoms with E-state index in [2.05, 4.69) is 21.5 Å². The molecule has 1 fully saturated rings. The van der Waals surface area contributed by atoms with Gasteiger partial charge in [0, 0.05) is 43.2 Å². The molecule has 11 heteroatoms. The maximum Gasteiger partial charge on any atom is 0.412 e. The van der Waals surface area contributed by atoms with Gasteiger partial charge in [0.05, 0.1) is 12.8 Å². The Hall–Kier alpha value is -3.86. The molecule has 204 valence electrons. The van der Waals surface area contributed by atoms with Crippen LogP contribution >= 0.6 is 0 Å². The van der Waals surface area contributed by atoms with Crippen LogP contribution in [0.15, 0.2) is 30.6 Å². The number of carbonyl (C=O) groups is 2. The van der Waals surface area contributed by atoms with Gasteiger partial charge in [-0.3, -0.25) is 10.1 Å². The van der Waals surface area contributed by atoms with Crippen molar-refractivity contribution in [3.05, 3.63) is 36.3 Å². The smallest absolute Gasteiger partial charge is 0.412 e. The first-order valence-corrected chi connectivity index (χ1v) is 12.7. The Labute approximate surface area is 222 Å². The zero-order chi connectivity index (χ0) is 27.6. The zero-order valence-electron chi connectivity index (χ0n) is 22.9. The fraction of sp³-hybridized carbons (Fsp3) is 0.481. The number of nitrogens with zero attached hydrogens (tertiary/aromatic N) is 5. The average Bonchev–Trinajstić information content (AvgIpc) is 3.47. The molecule has 38 heavy (non-hydrogen) atoms. The second kappa shape index (κ2) is 10.9. The van der Waals surface area contributed by atoms with E-state index in [4.69, 9.17) is 15.2 Å². The minimum absolute atomic E-state index is 0.115. The van der Waals surface area contributed by atoms with E-state index in [9.17, 15) is 9.59 Å². The van der Waals surface area contributed by atoms with Crippen LogP contribution in [0.2, 0.25) is 0 Å². The fourth-order valence-electron chi connectivity index (χ4n) is 4.68. The van der Waals surface area contributed by atoms with Crippen molar-refractivity contribution in [1.29, 1.82) is 0 Å². The predicted molar refractivity (Wildman–Crippen MR) is 146 cm³/mol. The third-order valence-corrected chi connectivity index (χ3v) is 6.49. The quantitative estimate of drug-likeness (QED) is 0.481. The Bertz CT molecular complexity index is 1330. The minimum Gasteiger partial charge on any atom is -0.495 e. The van der Waals surface area contributed by atoms with Crippen molar-refractivity contribution in [3.63, 3.8) is 0 Å². The Morgan fingerprint density at radius 3 is 2.68 bits per heavy atom. The maximum atomic E-state index is 12.7. The molecule has 3 aromatic rings. The first-order valence-electron chi connectivity index (χ1n) is 12.7. The molecule has 0 bridgehead atoms. The van der Waals surface area contributed by atoms with Crippen LogP contribution in [0.4, 0.5) is 16.3 Å². The first-order chi connectivity index (χ1) is 18.0. The number of fused-ring (bicyclic) bond motifs is 1. The van der Waals surface area contributed by atoms with Crippen molar-refractivity contribution in [2.45, 2.75) is 45.1 Å². The highest BCUT2D eigenvalue weighted by Crippen LogP contribution is 2.39. The van der Waals surface area contributed by atoms with Gasteiger partial charge in [-0.25, -0.2) is 14.3 Å². The van der Waals surface area contributed by atoms with E-state index >= 15 is 0 Å². The number of hydrogen-bond acceptors (Lipinski definition) is 8. The third-order valence-electron chi connectivity index (χ3n) is 6.49. The molecule has 3 heterocycles. The lowest BCUT2D eigenvalue weighted by molar-refractivity contribution is -0.130. The molecule has 3 N–H and O–H groups in total. The number of rotatable bonds is 7. The number of likely N-dealkylation sites (tertiary alicyclic amines) is 1. The average molecular weight is 524 g/mol. The summed E-state index contributed by atoms with van der Waals surface area (Å²) in [6.07, 6.45) is 2.21. The third kappa shape index (κ3) is 5.99. The van der Waals surface area contributed by atoms with Crippen LogP contribution in [-0.2, 0) is 9.53 Å². The van der Waals surface area contributed by atoms with Crippen LogP contribution in [0.25, 0.3) is 16.6 Å². The van der Waals surface area contributed by atoms with Crippen LogP contribution in [0.5, 0.6) is 5.75 Å². The molecule has 0 saturated carbocycles. The molecule has 1 aromatic carbocycles. The van der Waals surface area contributed by atoms with Crippen LogP contribution in [-0.4, -0.2) is 82.8 Å². The SMILES string of the molecule is COc1cc(-c2cc(C3CCN(C(=O)CCN(C)C)C3)n3ncnc(N)c23)ccc1NC(=O)OC(C)(C)C. The molecule has 0 aliphatic carbocycles. The van der Waals surface area contributed by atoms with E-state index in [-0.39, 0.29) is 11.8 Å². The molecule has 0 radical (unpaired) electrons. The monoisotopic (exact) mass is 523 g/mol. The number of benzene rings is 1. The number of hydrogen-bond donors (Lipinski definition) is 2. The number of nitrogens with one attached hydrogen (secondary N) is 1. The van der Waals surface area contributed by atoms with E-state index in [1.165, 1.54) is 6.33 Å². The lowest BCUT2D eigenvalue weighted by Gasteiger charge is -2.20. The van der Waals surface area contributed by atoms with Gasteiger partial charge in [0.25, 0.3) is 0 Å². The van der Waals surface area contributed by atoms with Crippen molar-refractivity contribution in [3.8, 4) is 16.9 Å². The molecule has 1 atom stereocenters. The van der Waals surface area contributed by atoms with Crippen LogP contribution < -0.4 is 15.8 Å². The van der Waals surface area contributed by atoms with Gasteiger partial charge in [-0.15, -0.1) is 0 Å². The highest BCUT2D eigenvalue weighted by molar-refractivity contribution is 5.92. The Balaban J connectivity index is 1.64. The largest absolute Gasteiger partial charge is 0.495 e. The number of methoxy groups -OCH3 is 1. The van der Waals surface area contributed by atoms with Crippen molar-refractivity contribution in [2.24, 2.45) is 0 Å². The number of nitrogens with two attached hydrogens (primary N) is 1. The number of aromatic nitrogens is 3. The van der Waals surface area contributed by atoms with Gasteiger partial charge in [0.2, 0.25) is 5.91 Å². The standard InChI is InChI=1S/C27H37N7O4/c1-27(2,3)38-26(36)31-20-8-7-17(13-22(20)37-6)19-14-21(34-24(19)25(28)29-16-30-34)18-9-12-33(15-18)23(35)10-11-32(4)5/h7-8,13-14,16,18H,9-12,15H2,1-6H3,(H,31,36)(H2,28,29,30). The molecule has 0 spiro atoms. The summed E-state index contributed by atoms with van der Waals surface area (Å²) >= 11 is 0. The predicted octanol–water partition coefficient (Wildman–Crippen LogP) is 3.60. The molecule has 1 saturated heterocycles. The van der Waals surface area contributed by atoms with Crippen molar-refractivity contribution < 1.29 is 19.1 Å². The molecule has 2 amide bonds. The highest BCUT2D eigenvalue weighted by atomic mass is 16.6. The normalized spacial score (nSPS) is 15.8. The molecule has 1 aliphatic rings. The van der Waals surface area contributed by atoms with E-state index in [0.29, 0.717) is 42.3 Å². The summed E-state index contributed by atoms with van der Waals surface area (Å²) in [6, 6.07) is 7.55. The van der Waals surface area contributed by atoms with Crippen molar-refractivity contribution >= 4 is 29.0 Å². The van der Waals surface area contributed by atoms with Gasteiger partial charge in [0.1, 0.15) is 23.2 Å². The van der Waals surface area contributed by atoms with E-state index in [1.807, 2.05) is 40.5 Å². The number of amides is 2. The van der Waals surface area contributed by atoms with Gasteiger partial charge in [0.15, 0.2) is 5.82 Å². The molecule has 4 rings (SSSR count). The van der Waals surface area contributed by atoms with Gasteiger partial charge >= 0.3 is 6.09 Å². The summed E-state index contributed by atoms with van der Waals surface area (Å²) in [4.78, 5) is 33.2. The zero-order valence-corrected chi connectivity index (χ0v) is 22.9. The summed E-state index contributed by atoms with van der Waals surface area (Å²) < 4.78 is 12.8. The number of carbonyl (C=O) groups excluding carboxylic acids is 2. The van der Waals surface area contributed by atoms with Crippen LogP contribution in [0.3, 0.4) is 0 Å². The van der Waals surface area contributed by atoms with Crippen molar-refractivity contribution in [1.82, 2.24) is 24.4 Å². The second-order valence-corrected chi connectivity index (χ2v) is 10.8. The molecule has 1 unspecified atom stereocenters. The summed E-state index contributed by atoms with van der Waals surface area (Å²) in [6.45, 7) is 7.47. The van der Waals surface area contributed by atoms with Crippen LogP contribution in [0.1, 0.15) is 45.2 Å². The number of ether oxygens (including phenoxy) is 2. The first kappa shape index (κ1) is 27.2. The summed E-state index contributed by atoms with van der Waals surface area (Å²) in [5.74, 6) is 1.11. The number of nitrogen functional groups attached to an aromatic ring is 1. The summed E-state index contributed by atoms with van der Waals surface area (Å²) in [5.41, 5.74) is 9.54. The topological polar surface area (TPSA) is 127 Å². The van der Waals surface area contributed by atoms with Crippen molar-refractivity contribution in [2.75, 3.05) is 51.9 Å². The van der Waals surface area contributed by atoms with Crippen LogP contribution in [0, 0.1) is 0 Å². The van der Waals surface area contributed by atoms with Gasteiger partial charge in [-0.1, -0.05) is 6.07 Å². The lowest BCUT2D eigenvalue weighted by Crippen LogP contribution is -2.31. The van der Waals surface area contributed by atoms with E-state index in [1.54, 1.807) is 33.9 Å². The van der Waals surface area contributed by atoms with Gasteiger partial charge < -0.3 is 25.0 Å². The Morgan fingerprint density at radius 1 is 1.24 bits per heavy atom. The molecule has 11 nitrogen and oxygen atoms in total. The second-order valence-electron chi connectivity index (χ2n) is 10.8. The van der Waals surface area contributed by atoms with E-state index in [0.717, 1.165) is 29.8 Å². The summed E-state index contributed by atoms with van der Waals surface area (Å²) in [5, 5.41) is 7.25.